The summed E-state index contributed by atoms with van der Waals surface area (Å²) in [5.74, 6) is 2.69. The minimum absolute atomic E-state index is 0.281. The summed E-state index contributed by atoms with van der Waals surface area (Å²) >= 11 is 0. The largest absolute Gasteiger partial charge is 0.473 e. The van der Waals surface area contributed by atoms with E-state index in [0.717, 1.165) is 24.6 Å². The van der Waals surface area contributed by atoms with Crippen molar-refractivity contribution in [2.24, 2.45) is 17.8 Å². The van der Waals surface area contributed by atoms with Crippen LogP contribution >= 0.6 is 0 Å². The molecule has 0 aliphatic heterocycles. The summed E-state index contributed by atoms with van der Waals surface area (Å²) in [6, 6.07) is 3.92. The molecule has 20 heavy (non-hydrogen) atoms. The summed E-state index contributed by atoms with van der Waals surface area (Å²) in [5, 5.41) is 11.5. The first kappa shape index (κ1) is 15.2. The normalized spacial score (nSPS) is 26.8. The molecular weight excluding hydrogens is 250 g/mol. The van der Waals surface area contributed by atoms with Gasteiger partial charge < -0.3 is 10.1 Å². The number of nitrogens with zero attached hydrogens (tertiary/aromatic N) is 2. The van der Waals surface area contributed by atoms with Crippen molar-refractivity contribution in [1.82, 2.24) is 15.5 Å². The number of aromatic nitrogens is 2. The highest BCUT2D eigenvalue weighted by Crippen LogP contribution is 2.35. The molecule has 112 valence electrons. The number of nitrogens with one attached hydrogen (secondary N) is 1. The summed E-state index contributed by atoms with van der Waals surface area (Å²) in [4.78, 5) is 0. The molecule has 1 aromatic heterocycles. The second kappa shape index (κ2) is 7.02. The number of hydrogen-bond donors (Lipinski definition) is 1. The van der Waals surface area contributed by atoms with E-state index in [-0.39, 0.29) is 6.10 Å². The summed E-state index contributed by atoms with van der Waals surface area (Å²) in [5.41, 5.74) is 0.942. The van der Waals surface area contributed by atoms with Crippen LogP contribution in [0.15, 0.2) is 12.1 Å². The van der Waals surface area contributed by atoms with Crippen LogP contribution in [0.3, 0.4) is 0 Å². The van der Waals surface area contributed by atoms with Crippen molar-refractivity contribution >= 4 is 0 Å². The molecule has 0 bridgehead atoms. The number of ether oxygens (including phenoxy) is 1. The average molecular weight is 277 g/mol. The van der Waals surface area contributed by atoms with E-state index < -0.39 is 0 Å². The maximum absolute atomic E-state index is 6.14. The van der Waals surface area contributed by atoms with Gasteiger partial charge in [0.15, 0.2) is 0 Å². The molecule has 3 unspecified atom stereocenters. The SMILES string of the molecule is CNCc1ccc(OC2CC(C)CCC2C(C)C)nn1. The topological polar surface area (TPSA) is 47.0 Å². The predicted octanol–water partition coefficient (Wildman–Crippen LogP) is 3.04. The summed E-state index contributed by atoms with van der Waals surface area (Å²) in [7, 11) is 1.91. The maximum Gasteiger partial charge on any atom is 0.233 e. The van der Waals surface area contributed by atoms with Crippen LogP contribution in [-0.4, -0.2) is 23.3 Å². The van der Waals surface area contributed by atoms with E-state index in [1.807, 2.05) is 19.2 Å². The highest BCUT2D eigenvalue weighted by Gasteiger charge is 2.32. The van der Waals surface area contributed by atoms with Crippen molar-refractivity contribution in [3.63, 3.8) is 0 Å². The fraction of sp³-hybridized carbons (Fsp3) is 0.750. The molecule has 0 radical (unpaired) electrons. The number of rotatable bonds is 5. The molecule has 1 heterocycles. The van der Waals surface area contributed by atoms with Gasteiger partial charge in [-0.2, -0.15) is 5.10 Å². The molecule has 0 amide bonds. The summed E-state index contributed by atoms with van der Waals surface area (Å²) in [6.45, 7) is 7.63. The van der Waals surface area contributed by atoms with Crippen LogP contribution in [0, 0.1) is 17.8 Å². The third-order valence-electron chi connectivity index (χ3n) is 4.29. The molecule has 1 aliphatic rings. The highest BCUT2D eigenvalue weighted by molar-refractivity contribution is 5.12. The van der Waals surface area contributed by atoms with E-state index >= 15 is 0 Å². The zero-order valence-corrected chi connectivity index (χ0v) is 13.1. The van der Waals surface area contributed by atoms with Crippen LogP contribution in [0.25, 0.3) is 0 Å². The van der Waals surface area contributed by atoms with E-state index in [0.29, 0.717) is 17.7 Å². The standard InChI is InChI=1S/C16H27N3O/c1-11(2)14-7-5-12(3)9-15(14)20-16-8-6-13(10-17-4)18-19-16/h6,8,11-12,14-15,17H,5,7,9-10H2,1-4H3. The van der Waals surface area contributed by atoms with E-state index in [1.54, 1.807) is 0 Å². The van der Waals surface area contributed by atoms with Crippen LogP contribution in [-0.2, 0) is 6.54 Å². The van der Waals surface area contributed by atoms with Crippen molar-refractivity contribution < 1.29 is 4.74 Å². The Balaban J connectivity index is 2.02. The molecule has 0 aromatic carbocycles. The Morgan fingerprint density at radius 2 is 2.10 bits per heavy atom. The Morgan fingerprint density at radius 3 is 2.70 bits per heavy atom. The predicted molar refractivity (Wildman–Crippen MR) is 80.6 cm³/mol. The maximum atomic E-state index is 6.14. The lowest BCUT2D eigenvalue weighted by Crippen LogP contribution is -2.36. The Hall–Kier alpha value is -1.16. The molecule has 4 heteroatoms. The Labute approximate surface area is 122 Å². The van der Waals surface area contributed by atoms with Gasteiger partial charge in [0, 0.05) is 12.6 Å². The van der Waals surface area contributed by atoms with Crippen molar-refractivity contribution in [2.75, 3.05) is 7.05 Å². The minimum Gasteiger partial charge on any atom is -0.473 e. The van der Waals surface area contributed by atoms with Gasteiger partial charge >= 0.3 is 0 Å². The van der Waals surface area contributed by atoms with Crippen molar-refractivity contribution in [1.29, 1.82) is 0 Å². The monoisotopic (exact) mass is 277 g/mol. The van der Waals surface area contributed by atoms with Crippen LogP contribution in [0.5, 0.6) is 5.88 Å². The lowest BCUT2D eigenvalue weighted by Gasteiger charge is -2.36. The Bertz CT molecular complexity index is 405. The van der Waals surface area contributed by atoms with Crippen molar-refractivity contribution in [3.8, 4) is 5.88 Å². The molecule has 1 fully saturated rings. The number of hydrogen-bond acceptors (Lipinski definition) is 4. The second-order valence-corrected chi connectivity index (χ2v) is 6.38. The molecule has 1 N–H and O–H groups in total. The van der Waals surface area contributed by atoms with Gasteiger partial charge in [-0.3, -0.25) is 0 Å². The summed E-state index contributed by atoms with van der Waals surface area (Å²) < 4.78 is 6.14. The first-order chi connectivity index (χ1) is 9.60. The zero-order valence-electron chi connectivity index (χ0n) is 13.1. The van der Waals surface area contributed by atoms with Gasteiger partial charge in [-0.25, -0.2) is 0 Å². The van der Waals surface area contributed by atoms with E-state index in [9.17, 15) is 0 Å². The lowest BCUT2D eigenvalue weighted by molar-refractivity contribution is 0.0418. The van der Waals surface area contributed by atoms with E-state index in [2.05, 4.69) is 36.3 Å². The molecule has 0 spiro atoms. The van der Waals surface area contributed by atoms with Crippen molar-refractivity contribution in [2.45, 2.75) is 52.7 Å². The molecular formula is C16H27N3O. The molecule has 1 aromatic rings. The molecule has 1 aliphatic carbocycles. The van der Waals surface area contributed by atoms with E-state index in [1.165, 1.54) is 12.8 Å². The third-order valence-corrected chi connectivity index (χ3v) is 4.29. The molecule has 4 nitrogen and oxygen atoms in total. The van der Waals surface area contributed by atoms with Gasteiger partial charge in [-0.15, -0.1) is 5.10 Å². The van der Waals surface area contributed by atoms with Gasteiger partial charge in [0.05, 0.1) is 5.69 Å². The van der Waals surface area contributed by atoms with Crippen LogP contribution in [0.1, 0.15) is 45.7 Å². The smallest absolute Gasteiger partial charge is 0.233 e. The fourth-order valence-corrected chi connectivity index (χ4v) is 3.09. The Kier molecular flexibility index (Phi) is 5.35. The van der Waals surface area contributed by atoms with Crippen LogP contribution in [0.2, 0.25) is 0 Å². The minimum atomic E-state index is 0.281. The Morgan fingerprint density at radius 1 is 1.30 bits per heavy atom. The van der Waals surface area contributed by atoms with E-state index in [4.69, 9.17) is 4.74 Å². The highest BCUT2D eigenvalue weighted by atomic mass is 16.5. The first-order valence-corrected chi connectivity index (χ1v) is 7.74. The molecule has 2 rings (SSSR count). The van der Waals surface area contributed by atoms with Crippen molar-refractivity contribution in [3.05, 3.63) is 17.8 Å². The van der Waals surface area contributed by atoms with Gasteiger partial charge in [0.25, 0.3) is 0 Å². The summed E-state index contributed by atoms with van der Waals surface area (Å²) in [6.07, 6.45) is 3.98. The van der Waals surface area contributed by atoms with Gasteiger partial charge in [-0.1, -0.05) is 27.2 Å². The van der Waals surface area contributed by atoms with Gasteiger partial charge in [0.2, 0.25) is 5.88 Å². The van der Waals surface area contributed by atoms with Crippen LogP contribution in [0.4, 0.5) is 0 Å². The van der Waals surface area contributed by atoms with Gasteiger partial charge in [0.1, 0.15) is 6.10 Å². The average Bonchev–Trinajstić information content (AvgIpc) is 2.41. The molecule has 0 saturated heterocycles. The lowest BCUT2D eigenvalue weighted by atomic mass is 9.75. The third kappa shape index (κ3) is 3.92. The fourth-order valence-electron chi connectivity index (χ4n) is 3.09. The van der Waals surface area contributed by atoms with Crippen LogP contribution < -0.4 is 10.1 Å². The molecule has 1 saturated carbocycles. The first-order valence-electron chi connectivity index (χ1n) is 7.74. The quantitative estimate of drug-likeness (QED) is 0.898. The molecule has 3 atom stereocenters. The van der Waals surface area contributed by atoms with Gasteiger partial charge in [-0.05, 0) is 43.7 Å². The zero-order chi connectivity index (χ0) is 14.5. The second-order valence-electron chi connectivity index (χ2n) is 6.38.